The Hall–Kier alpha value is -1.60. The van der Waals surface area contributed by atoms with Gasteiger partial charge >= 0.3 is 0 Å². The Morgan fingerprint density at radius 1 is 0.750 bits per heavy atom. The maximum absolute atomic E-state index is 12.4. The Bertz CT molecular complexity index is 781. The molecule has 0 unspecified atom stereocenters. The third-order valence-electron chi connectivity index (χ3n) is 4.27. The summed E-state index contributed by atoms with van der Waals surface area (Å²) in [6.45, 7) is 2.70. The van der Waals surface area contributed by atoms with Crippen LogP contribution in [0, 0.1) is 0 Å². The van der Waals surface area contributed by atoms with Crippen LogP contribution >= 0.6 is 0 Å². The van der Waals surface area contributed by atoms with Crippen molar-refractivity contribution >= 4 is 22.0 Å². The molecule has 6 heteroatoms. The lowest BCUT2D eigenvalue weighted by molar-refractivity contribution is 0.489. The third-order valence-corrected chi connectivity index (χ3v) is 7.31. The Balaban J connectivity index is 1.34. The predicted octanol–water partition coefficient (Wildman–Crippen LogP) is 2.62. The van der Waals surface area contributed by atoms with Crippen molar-refractivity contribution < 1.29 is 8.42 Å². The summed E-state index contributed by atoms with van der Waals surface area (Å²) in [6.07, 6.45) is 4.04. The molecule has 4 rings (SSSR count). The molecule has 124 valence electrons. The van der Waals surface area contributed by atoms with E-state index in [0.717, 1.165) is 20.9 Å². The summed E-state index contributed by atoms with van der Waals surface area (Å²) in [6, 6.07) is 15.7. The van der Waals surface area contributed by atoms with Gasteiger partial charge in [0.15, 0.2) is 0 Å². The summed E-state index contributed by atoms with van der Waals surface area (Å²) < 4.78 is 28.7. The molecule has 0 N–H and O–H groups in total. The van der Waals surface area contributed by atoms with E-state index >= 15 is 0 Å². The minimum atomic E-state index is -1.07. The van der Waals surface area contributed by atoms with Crippen molar-refractivity contribution in [2.75, 3.05) is 13.1 Å². The van der Waals surface area contributed by atoms with E-state index in [-0.39, 0.29) is 0 Å². The number of hydrogen-bond acceptors (Lipinski definition) is 2. The SMILES string of the molecule is O=[S@]1c2ccccc2CN1C/C=C/CN1Cc2ccccc2[S@@]1=O. The van der Waals surface area contributed by atoms with Crippen molar-refractivity contribution in [3.8, 4) is 0 Å². The molecule has 2 aliphatic rings. The second-order valence-electron chi connectivity index (χ2n) is 5.83. The number of hydrogen-bond donors (Lipinski definition) is 0. The first-order valence-electron chi connectivity index (χ1n) is 7.88. The Morgan fingerprint density at radius 2 is 1.17 bits per heavy atom. The Labute approximate surface area is 147 Å². The van der Waals surface area contributed by atoms with Crippen LogP contribution in [0.4, 0.5) is 0 Å². The number of benzene rings is 2. The molecule has 4 nitrogen and oxygen atoms in total. The first kappa shape index (κ1) is 15.9. The van der Waals surface area contributed by atoms with Gasteiger partial charge in [0.1, 0.15) is 22.0 Å². The molecule has 2 heterocycles. The minimum absolute atomic E-state index is 0.634. The normalized spacial score (nSPS) is 23.7. The molecule has 0 spiro atoms. The van der Waals surface area contributed by atoms with Gasteiger partial charge in [-0.15, -0.1) is 0 Å². The second kappa shape index (κ2) is 6.72. The van der Waals surface area contributed by atoms with Crippen LogP contribution in [-0.2, 0) is 35.1 Å². The molecule has 24 heavy (non-hydrogen) atoms. The van der Waals surface area contributed by atoms with Crippen LogP contribution in [0.5, 0.6) is 0 Å². The predicted molar refractivity (Wildman–Crippen MR) is 95.7 cm³/mol. The van der Waals surface area contributed by atoms with Crippen LogP contribution < -0.4 is 0 Å². The molecule has 0 saturated heterocycles. The zero-order valence-electron chi connectivity index (χ0n) is 13.1. The largest absolute Gasteiger partial charge is 0.237 e. The average Bonchev–Trinajstić information content (AvgIpc) is 3.10. The van der Waals surface area contributed by atoms with Gasteiger partial charge in [0.25, 0.3) is 0 Å². The number of rotatable bonds is 4. The van der Waals surface area contributed by atoms with Gasteiger partial charge in [-0.3, -0.25) is 0 Å². The average molecular weight is 358 g/mol. The fourth-order valence-electron chi connectivity index (χ4n) is 3.03. The van der Waals surface area contributed by atoms with Gasteiger partial charge in [-0.1, -0.05) is 48.6 Å². The molecule has 0 bridgehead atoms. The van der Waals surface area contributed by atoms with E-state index in [1.54, 1.807) is 0 Å². The van der Waals surface area contributed by atoms with Gasteiger partial charge < -0.3 is 0 Å². The molecular formula is C18H18N2O2S2. The first-order chi connectivity index (χ1) is 11.7. The van der Waals surface area contributed by atoms with Crippen LogP contribution in [0.15, 0.2) is 70.5 Å². The van der Waals surface area contributed by atoms with E-state index in [2.05, 4.69) is 0 Å². The van der Waals surface area contributed by atoms with Gasteiger partial charge in [0.05, 0.1) is 9.79 Å². The zero-order valence-corrected chi connectivity index (χ0v) is 14.8. The summed E-state index contributed by atoms with van der Waals surface area (Å²) in [5, 5.41) is 0. The third kappa shape index (κ3) is 2.91. The van der Waals surface area contributed by atoms with Crippen molar-refractivity contribution in [3.05, 3.63) is 71.8 Å². The van der Waals surface area contributed by atoms with Crippen LogP contribution in [0.2, 0.25) is 0 Å². The quantitative estimate of drug-likeness (QED) is 0.789. The van der Waals surface area contributed by atoms with Crippen molar-refractivity contribution in [2.24, 2.45) is 0 Å². The van der Waals surface area contributed by atoms with E-state index in [1.165, 1.54) is 0 Å². The van der Waals surface area contributed by atoms with E-state index in [4.69, 9.17) is 0 Å². The lowest BCUT2D eigenvalue weighted by Gasteiger charge is -2.12. The molecule has 0 aliphatic carbocycles. The molecule has 2 atom stereocenters. The van der Waals surface area contributed by atoms with Crippen molar-refractivity contribution in [3.63, 3.8) is 0 Å². The fourth-order valence-corrected chi connectivity index (χ4v) is 5.65. The maximum atomic E-state index is 12.4. The first-order valence-corrected chi connectivity index (χ1v) is 10.1. The highest BCUT2D eigenvalue weighted by Gasteiger charge is 2.26. The maximum Gasteiger partial charge on any atom is 0.128 e. The van der Waals surface area contributed by atoms with Crippen molar-refractivity contribution in [1.82, 2.24) is 8.61 Å². The highest BCUT2D eigenvalue weighted by atomic mass is 32.2. The summed E-state index contributed by atoms with van der Waals surface area (Å²) in [7, 11) is -2.14. The summed E-state index contributed by atoms with van der Waals surface area (Å²) in [5.41, 5.74) is 2.28. The second-order valence-corrected chi connectivity index (χ2v) is 8.74. The van der Waals surface area contributed by atoms with Gasteiger partial charge in [0, 0.05) is 26.2 Å². The topological polar surface area (TPSA) is 40.6 Å². The summed E-state index contributed by atoms with van der Waals surface area (Å²) in [5.74, 6) is 0. The van der Waals surface area contributed by atoms with Crippen molar-refractivity contribution in [1.29, 1.82) is 0 Å². The van der Waals surface area contributed by atoms with Crippen LogP contribution in [0.1, 0.15) is 11.1 Å². The highest BCUT2D eigenvalue weighted by Crippen LogP contribution is 2.27. The van der Waals surface area contributed by atoms with E-state index in [9.17, 15) is 8.42 Å². The fraction of sp³-hybridized carbons (Fsp3) is 0.222. The lowest BCUT2D eigenvalue weighted by atomic mass is 10.2. The van der Waals surface area contributed by atoms with Crippen molar-refractivity contribution in [2.45, 2.75) is 22.9 Å². The number of fused-ring (bicyclic) bond motifs is 2. The van der Waals surface area contributed by atoms with Gasteiger partial charge in [-0.05, 0) is 23.3 Å². The van der Waals surface area contributed by atoms with Crippen LogP contribution in [-0.4, -0.2) is 30.1 Å². The molecular weight excluding hydrogens is 340 g/mol. The summed E-state index contributed by atoms with van der Waals surface area (Å²) >= 11 is 0. The van der Waals surface area contributed by atoms with Crippen LogP contribution in [0.25, 0.3) is 0 Å². The van der Waals surface area contributed by atoms with E-state index in [1.807, 2.05) is 69.3 Å². The Morgan fingerprint density at radius 3 is 1.58 bits per heavy atom. The van der Waals surface area contributed by atoms with Gasteiger partial charge in [-0.2, -0.15) is 0 Å². The van der Waals surface area contributed by atoms with Crippen LogP contribution in [0.3, 0.4) is 0 Å². The smallest absolute Gasteiger partial charge is 0.128 e. The van der Waals surface area contributed by atoms with E-state index in [0.29, 0.717) is 26.2 Å². The molecule has 0 amide bonds. The Kier molecular flexibility index (Phi) is 4.45. The monoisotopic (exact) mass is 358 g/mol. The number of nitrogens with zero attached hydrogens (tertiary/aromatic N) is 2. The standard InChI is InChI=1S/C18H18N2O2S2/c21-23-17-9-3-1-7-15(17)13-19(23)11-5-6-12-20-14-16-8-2-4-10-18(16)24(20)22/h1-10H,11-14H2/b6-5+/t23-,24-/m0/s1. The minimum Gasteiger partial charge on any atom is -0.237 e. The summed E-state index contributed by atoms with van der Waals surface area (Å²) in [4.78, 5) is 1.84. The van der Waals surface area contributed by atoms with Gasteiger partial charge in [-0.25, -0.2) is 17.0 Å². The molecule has 0 radical (unpaired) electrons. The molecule has 0 saturated carbocycles. The highest BCUT2D eigenvalue weighted by molar-refractivity contribution is 7.83. The molecule has 0 fully saturated rings. The lowest BCUT2D eigenvalue weighted by Crippen LogP contribution is -2.21. The molecule has 2 aliphatic heterocycles. The molecule has 2 aromatic carbocycles. The zero-order chi connectivity index (χ0) is 16.5. The van der Waals surface area contributed by atoms with E-state index < -0.39 is 22.0 Å². The van der Waals surface area contributed by atoms with Gasteiger partial charge in [0.2, 0.25) is 0 Å². The molecule has 0 aromatic heterocycles. The molecule has 2 aromatic rings.